The van der Waals surface area contributed by atoms with Gasteiger partial charge in [-0.15, -0.1) is 10.2 Å². The van der Waals surface area contributed by atoms with Crippen LogP contribution in [-0.2, 0) is 0 Å². The monoisotopic (exact) mass is 296 g/mol. The van der Waals surface area contributed by atoms with Crippen molar-refractivity contribution in [3.8, 4) is 11.4 Å². The molecule has 4 nitrogen and oxygen atoms in total. The predicted molar refractivity (Wildman–Crippen MR) is 80.9 cm³/mol. The van der Waals surface area contributed by atoms with E-state index in [0.29, 0.717) is 10.8 Å². The largest absolute Gasteiger partial charge is 0.335 e. The molecule has 2 aromatic rings. The average molecular weight is 297 g/mol. The van der Waals surface area contributed by atoms with Crippen molar-refractivity contribution in [2.75, 3.05) is 11.6 Å². The lowest BCUT2D eigenvalue weighted by Crippen LogP contribution is -2.11. The van der Waals surface area contributed by atoms with E-state index < -0.39 is 0 Å². The number of thioether (sulfide) groups is 1. The van der Waals surface area contributed by atoms with E-state index in [-0.39, 0.29) is 0 Å². The fourth-order valence-electron chi connectivity index (χ4n) is 1.72. The minimum atomic E-state index is 0.601. The summed E-state index contributed by atoms with van der Waals surface area (Å²) in [5.74, 6) is 7.64. The second kappa shape index (κ2) is 6.82. The molecule has 0 unspecified atom stereocenters. The minimum absolute atomic E-state index is 0.601. The highest BCUT2D eigenvalue weighted by molar-refractivity contribution is 7.99. The first kappa shape index (κ1) is 14.2. The van der Waals surface area contributed by atoms with E-state index in [1.807, 2.05) is 24.3 Å². The summed E-state index contributed by atoms with van der Waals surface area (Å²) in [7, 11) is 0. The van der Waals surface area contributed by atoms with Crippen LogP contribution in [0, 0.1) is 0 Å². The van der Waals surface area contributed by atoms with Gasteiger partial charge >= 0.3 is 0 Å². The number of hydrogen-bond donors (Lipinski definition) is 1. The van der Waals surface area contributed by atoms with E-state index in [9.17, 15) is 0 Å². The molecule has 0 radical (unpaired) electrons. The standard InChI is InChI=1S/C13H17ClN4S/c1-2-3-6-9-19-13-17-16-12(18(13)15)10-7-4-5-8-11(10)14/h4-5,7-8H,2-3,6,9,15H2,1H3. The van der Waals surface area contributed by atoms with Gasteiger partial charge in [0.15, 0.2) is 5.82 Å². The predicted octanol–water partition coefficient (Wildman–Crippen LogP) is 3.59. The first-order valence-electron chi connectivity index (χ1n) is 6.32. The summed E-state index contributed by atoms with van der Waals surface area (Å²) in [5.41, 5.74) is 0.805. The summed E-state index contributed by atoms with van der Waals surface area (Å²) < 4.78 is 1.51. The van der Waals surface area contributed by atoms with Crippen LogP contribution in [0.4, 0.5) is 0 Å². The van der Waals surface area contributed by atoms with Crippen LogP contribution in [0.2, 0.25) is 5.02 Å². The van der Waals surface area contributed by atoms with Crippen LogP contribution in [0.3, 0.4) is 0 Å². The Balaban J connectivity index is 2.12. The summed E-state index contributed by atoms with van der Waals surface area (Å²) >= 11 is 7.77. The molecule has 0 saturated heterocycles. The van der Waals surface area contributed by atoms with Crippen LogP contribution in [-0.4, -0.2) is 20.6 Å². The molecule has 0 amide bonds. The third kappa shape index (κ3) is 3.42. The van der Waals surface area contributed by atoms with Gasteiger partial charge in [0.05, 0.1) is 5.02 Å². The van der Waals surface area contributed by atoms with Gasteiger partial charge in [-0.3, -0.25) is 0 Å². The molecule has 0 bridgehead atoms. The molecule has 0 aliphatic heterocycles. The molecule has 2 rings (SSSR count). The number of nitrogens with zero attached hydrogens (tertiary/aromatic N) is 3. The first-order valence-corrected chi connectivity index (χ1v) is 7.68. The second-order valence-corrected chi connectivity index (χ2v) is 5.68. The maximum absolute atomic E-state index is 6.14. The summed E-state index contributed by atoms with van der Waals surface area (Å²) in [6.07, 6.45) is 3.60. The van der Waals surface area contributed by atoms with E-state index in [1.54, 1.807) is 11.8 Å². The molecule has 6 heteroatoms. The van der Waals surface area contributed by atoms with Gasteiger partial charge in [-0.1, -0.05) is 55.3 Å². The molecule has 0 aliphatic carbocycles. The number of benzene rings is 1. The van der Waals surface area contributed by atoms with Crippen LogP contribution in [0.5, 0.6) is 0 Å². The summed E-state index contributed by atoms with van der Waals surface area (Å²) in [4.78, 5) is 0. The van der Waals surface area contributed by atoms with Crippen LogP contribution in [0.25, 0.3) is 11.4 Å². The molecule has 0 atom stereocenters. The van der Waals surface area contributed by atoms with Gasteiger partial charge in [-0.05, 0) is 18.6 Å². The highest BCUT2D eigenvalue weighted by Gasteiger charge is 2.13. The summed E-state index contributed by atoms with van der Waals surface area (Å²) in [6.45, 7) is 2.19. The van der Waals surface area contributed by atoms with Gasteiger partial charge in [0.25, 0.3) is 0 Å². The highest BCUT2D eigenvalue weighted by Crippen LogP contribution is 2.27. The normalized spacial score (nSPS) is 10.8. The quantitative estimate of drug-likeness (QED) is 0.503. The zero-order valence-electron chi connectivity index (χ0n) is 10.8. The molecule has 0 spiro atoms. The molecule has 1 aromatic carbocycles. The van der Waals surface area contributed by atoms with Gasteiger partial charge < -0.3 is 5.84 Å². The van der Waals surface area contributed by atoms with Crippen molar-refractivity contribution < 1.29 is 0 Å². The zero-order valence-corrected chi connectivity index (χ0v) is 12.4. The molecule has 1 heterocycles. The third-order valence-corrected chi connectivity index (χ3v) is 4.12. The highest BCUT2D eigenvalue weighted by atomic mass is 35.5. The van der Waals surface area contributed by atoms with Gasteiger partial charge in [-0.25, -0.2) is 4.68 Å². The maximum atomic E-state index is 6.14. The SMILES string of the molecule is CCCCCSc1nnc(-c2ccccc2Cl)n1N. The Morgan fingerprint density at radius 1 is 1.26 bits per heavy atom. The lowest BCUT2D eigenvalue weighted by molar-refractivity contribution is 0.774. The molecular weight excluding hydrogens is 280 g/mol. The van der Waals surface area contributed by atoms with Crippen molar-refractivity contribution in [3.63, 3.8) is 0 Å². The van der Waals surface area contributed by atoms with Crippen molar-refractivity contribution in [1.82, 2.24) is 14.9 Å². The second-order valence-electron chi connectivity index (χ2n) is 4.21. The lowest BCUT2D eigenvalue weighted by atomic mass is 10.2. The maximum Gasteiger partial charge on any atom is 0.210 e. The Labute approximate surface area is 122 Å². The Kier molecular flexibility index (Phi) is 5.10. The van der Waals surface area contributed by atoms with Crippen LogP contribution < -0.4 is 5.84 Å². The van der Waals surface area contributed by atoms with Crippen LogP contribution in [0.1, 0.15) is 26.2 Å². The number of rotatable bonds is 6. The number of halogens is 1. The third-order valence-electron chi connectivity index (χ3n) is 2.76. The van der Waals surface area contributed by atoms with Crippen molar-refractivity contribution in [2.45, 2.75) is 31.3 Å². The van der Waals surface area contributed by atoms with E-state index in [1.165, 1.54) is 17.5 Å². The van der Waals surface area contributed by atoms with E-state index in [2.05, 4.69) is 17.1 Å². The Hall–Kier alpha value is -1.20. The van der Waals surface area contributed by atoms with Crippen molar-refractivity contribution in [3.05, 3.63) is 29.3 Å². The Morgan fingerprint density at radius 3 is 2.79 bits per heavy atom. The molecule has 0 saturated carbocycles. The fourth-order valence-corrected chi connectivity index (χ4v) is 2.79. The lowest BCUT2D eigenvalue weighted by Gasteiger charge is -2.04. The number of unbranched alkanes of at least 4 members (excludes halogenated alkanes) is 2. The van der Waals surface area contributed by atoms with E-state index in [0.717, 1.165) is 22.9 Å². The first-order chi connectivity index (χ1) is 9.24. The Morgan fingerprint density at radius 2 is 2.05 bits per heavy atom. The van der Waals surface area contributed by atoms with E-state index >= 15 is 0 Å². The summed E-state index contributed by atoms with van der Waals surface area (Å²) in [5, 5.41) is 9.61. The molecule has 0 aliphatic rings. The topological polar surface area (TPSA) is 56.7 Å². The van der Waals surface area contributed by atoms with Gasteiger partial charge in [0, 0.05) is 11.3 Å². The molecule has 19 heavy (non-hydrogen) atoms. The van der Waals surface area contributed by atoms with Gasteiger partial charge in [0.2, 0.25) is 5.16 Å². The molecule has 2 N–H and O–H groups in total. The summed E-state index contributed by atoms with van der Waals surface area (Å²) in [6, 6.07) is 7.49. The average Bonchev–Trinajstić information content (AvgIpc) is 2.77. The number of nitrogen functional groups attached to an aromatic ring is 1. The van der Waals surface area contributed by atoms with Gasteiger partial charge in [-0.2, -0.15) is 0 Å². The van der Waals surface area contributed by atoms with Crippen LogP contribution in [0.15, 0.2) is 29.4 Å². The molecule has 0 fully saturated rings. The number of aromatic nitrogens is 3. The zero-order chi connectivity index (χ0) is 13.7. The minimum Gasteiger partial charge on any atom is -0.335 e. The fraction of sp³-hybridized carbons (Fsp3) is 0.385. The number of hydrogen-bond acceptors (Lipinski definition) is 4. The number of nitrogens with two attached hydrogens (primary N) is 1. The molecule has 102 valence electrons. The van der Waals surface area contributed by atoms with E-state index in [4.69, 9.17) is 17.4 Å². The van der Waals surface area contributed by atoms with Crippen molar-refractivity contribution in [1.29, 1.82) is 0 Å². The van der Waals surface area contributed by atoms with Crippen molar-refractivity contribution >= 4 is 23.4 Å². The Bertz CT molecular complexity index is 541. The molecular formula is C13H17ClN4S. The van der Waals surface area contributed by atoms with Crippen LogP contribution >= 0.6 is 23.4 Å². The molecule has 1 aromatic heterocycles. The van der Waals surface area contributed by atoms with Gasteiger partial charge in [0.1, 0.15) is 0 Å². The smallest absolute Gasteiger partial charge is 0.210 e. The van der Waals surface area contributed by atoms with Crippen molar-refractivity contribution in [2.24, 2.45) is 0 Å².